The van der Waals surface area contributed by atoms with Crippen molar-refractivity contribution in [1.29, 1.82) is 0 Å². The van der Waals surface area contributed by atoms with Crippen LogP contribution in [0.3, 0.4) is 0 Å². The standard InChI is InChI=1S/C16H24N2O2/c1-13(14-8-4-5-9-15(14)20-2)17-12-16(19)18-10-6-3-7-11-18/h4-5,8-9,13,17H,3,6-7,10-12H2,1-2H3/t13-/m0/s1. The second-order valence-electron chi connectivity index (χ2n) is 5.29. The second-order valence-corrected chi connectivity index (χ2v) is 5.29. The molecule has 20 heavy (non-hydrogen) atoms. The van der Waals surface area contributed by atoms with Crippen LogP contribution in [0.1, 0.15) is 37.8 Å². The fourth-order valence-corrected chi connectivity index (χ4v) is 2.63. The smallest absolute Gasteiger partial charge is 0.236 e. The Morgan fingerprint density at radius 1 is 1.30 bits per heavy atom. The number of para-hydroxylation sites is 1. The van der Waals surface area contributed by atoms with E-state index in [1.165, 1.54) is 6.42 Å². The number of amides is 1. The van der Waals surface area contributed by atoms with Gasteiger partial charge < -0.3 is 15.0 Å². The first kappa shape index (κ1) is 14.9. The van der Waals surface area contributed by atoms with Gasteiger partial charge >= 0.3 is 0 Å². The molecule has 0 aromatic heterocycles. The number of benzene rings is 1. The zero-order chi connectivity index (χ0) is 14.4. The van der Waals surface area contributed by atoms with Gasteiger partial charge in [-0.15, -0.1) is 0 Å². The van der Waals surface area contributed by atoms with Crippen LogP contribution in [0.2, 0.25) is 0 Å². The Bertz CT molecular complexity index is 442. The molecule has 1 aliphatic rings. The molecular formula is C16H24N2O2. The lowest BCUT2D eigenvalue weighted by Gasteiger charge is -2.27. The molecule has 0 aliphatic carbocycles. The predicted molar refractivity (Wildman–Crippen MR) is 79.8 cm³/mol. The molecule has 0 saturated carbocycles. The van der Waals surface area contributed by atoms with Crippen LogP contribution in [0.15, 0.2) is 24.3 Å². The highest BCUT2D eigenvalue weighted by Gasteiger charge is 2.17. The van der Waals surface area contributed by atoms with Crippen molar-refractivity contribution in [2.24, 2.45) is 0 Å². The number of hydrogen-bond acceptors (Lipinski definition) is 3. The largest absolute Gasteiger partial charge is 0.496 e. The maximum absolute atomic E-state index is 12.1. The van der Waals surface area contributed by atoms with E-state index in [1.807, 2.05) is 29.2 Å². The summed E-state index contributed by atoms with van der Waals surface area (Å²) in [6.07, 6.45) is 3.51. The summed E-state index contributed by atoms with van der Waals surface area (Å²) in [5, 5.41) is 3.30. The molecule has 0 spiro atoms. The maximum Gasteiger partial charge on any atom is 0.236 e. The highest BCUT2D eigenvalue weighted by atomic mass is 16.5. The topological polar surface area (TPSA) is 41.6 Å². The van der Waals surface area contributed by atoms with Crippen LogP contribution in [0, 0.1) is 0 Å². The summed E-state index contributed by atoms with van der Waals surface area (Å²) >= 11 is 0. The second kappa shape index (κ2) is 7.29. The monoisotopic (exact) mass is 276 g/mol. The Labute approximate surface area is 121 Å². The molecule has 0 unspecified atom stereocenters. The third-order valence-electron chi connectivity index (χ3n) is 3.87. The summed E-state index contributed by atoms with van der Waals surface area (Å²) in [4.78, 5) is 14.1. The lowest BCUT2D eigenvalue weighted by molar-refractivity contribution is -0.131. The SMILES string of the molecule is COc1ccccc1[C@H](C)NCC(=O)N1CCCCC1. The van der Waals surface area contributed by atoms with E-state index in [-0.39, 0.29) is 11.9 Å². The number of nitrogens with one attached hydrogen (secondary N) is 1. The molecule has 110 valence electrons. The normalized spacial score (nSPS) is 16.8. The number of ether oxygens (including phenoxy) is 1. The molecule has 4 nitrogen and oxygen atoms in total. The summed E-state index contributed by atoms with van der Waals surface area (Å²) in [6, 6.07) is 8.01. The number of likely N-dealkylation sites (tertiary alicyclic amines) is 1. The van der Waals surface area contributed by atoms with E-state index in [9.17, 15) is 4.79 Å². The Balaban J connectivity index is 1.88. The van der Waals surface area contributed by atoms with E-state index in [1.54, 1.807) is 7.11 Å². The van der Waals surface area contributed by atoms with Gasteiger partial charge in [0, 0.05) is 24.7 Å². The molecule has 2 rings (SSSR count). The Morgan fingerprint density at radius 2 is 2.00 bits per heavy atom. The lowest BCUT2D eigenvalue weighted by Crippen LogP contribution is -2.41. The number of rotatable bonds is 5. The van der Waals surface area contributed by atoms with Crippen molar-refractivity contribution in [1.82, 2.24) is 10.2 Å². The molecular weight excluding hydrogens is 252 g/mol. The van der Waals surface area contributed by atoms with Crippen molar-refractivity contribution in [3.63, 3.8) is 0 Å². The third kappa shape index (κ3) is 3.73. The first-order valence-electron chi connectivity index (χ1n) is 7.36. The van der Waals surface area contributed by atoms with Crippen LogP contribution in [0.4, 0.5) is 0 Å². The van der Waals surface area contributed by atoms with Crippen LogP contribution in [0.5, 0.6) is 5.75 Å². The summed E-state index contributed by atoms with van der Waals surface area (Å²) in [7, 11) is 1.67. The number of nitrogens with zero attached hydrogens (tertiary/aromatic N) is 1. The van der Waals surface area contributed by atoms with Crippen LogP contribution >= 0.6 is 0 Å². The van der Waals surface area contributed by atoms with Crippen LogP contribution in [-0.2, 0) is 4.79 Å². The highest BCUT2D eigenvalue weighted by molar-refractivity contribution is 5.78. The summed E-state index contributed by atoms with van der Waals surface area (Å²) in [5.74, 6) is 1.06. The van der Waals surface area contributed by atoms with Crippen LogP contribution < -0.4 is 10.1 Å². The number of methoxy groups -OCH3 is 1. The van der Waals surface area contributed by atoms with Gasteiger partial charge in [0.15, 0.2) is 0 Å². The molecule has 1 aromatic carbocycles. The average Bonchev–Trinajstić information content (AvgIpc) is 2.53. The molecule has 1 heterocycles. The van der Waals surface area contributed by atoms with Gasteiger partial charge in [0.2, 0.25) is 5.91 Å². The Morgan fingerprint density at radius 3 is 2.70 bits per heavy atom. The Kier molecular flexibility index (Phi) is 5.41. The van der Waals surface area contributed by atoms with Crippen molar-refractivity contribution in [2.45, 2.75) is 32.2 Å². The fraction of sp³-hybridized carbons (Fsp3) is 0.562. The molecule has 1 aromatic rings. The zero-order valence-electron chi connectivity index (χ0n) is 12.4. The number of carbonyl (C=O) groups excluding carboxylic acids is 1. The quantitative estimate of drug-likeness (QED) is 0.897. The first-order chi connectivity index (χ1) is 9.72. The Hall–Kier alpha value is -1.55. The molecule has 0 radical (unpaired) electrons. The molecule has 1 saturated heterocycles. The summed E-state index contributed by atoms with van der Waals surface area (Å²) in [6.45, 7) is 4.26. The third-order valence-corrected chi connectivity index (χ3v) is 3.87. The molecule has 1 N–H and O–H groups in total. The molecule has 1 amide bonds. The van der Waals surface area contributed by atoms with Gasteiger partial charge in [-0.2, -0.15) is 0 Å². The van der Waals surface area contributed by atoms with E-state index in [2.05, 4.69) is 12.2 Å². The fourth-order valence-electron chi connectivity index (χ4n) is 2.63. The number of carbonyl (C=O) groups is 1. The van der Waals surface area contributed by atoms with Gasteiger partial charge in [-0.1, -0.05) is 18.2 Å². The summed E-state index contributed by atoms with van der Waals surface area (Å²) in [5.41, 5.74) is 1.08. The number of hydrogen-bond donors (Lipinski definition) is 1. The van der Waals surface area contributed by atoms with Gasteiger partial charge in [-0.25, -0.2) is 0 Å². The lowest BCUT2D eigenvalue weighted by atomic mass is 10.1. The zero-order valence-corrected chi connectivity index (χ0v) is 12.4. The van der Waals surface area contributed by atoms with Gasteiger partial charge in [-0.3, -0.25) is 4.79 Å². The van der Waals surface area contributed by atoms with Crippen molar-refractivity contribution >= 4 is 5.91 Å². The van der Waals surface area contributed by atoms with Crippen LogP contribution in [-0.4, -0.2) is 37.6 Å². The van der Waals surface area contributed by atoms with E-state index >= 15 is 0 Å². The minimum atomic E-state index is 0.0971. The molecule has 1 atom stereocenters. The minimum Gasteiger partial charge on any atom is -0.496 e. The van der Waals surface area contributed by atoms with Crippen molar-refractivity contribution in [2.75, 3.05) is 26.7 Å². The van der Waals surface area contributed by atoms with E-state index < -0.39 is 0 Å². The van der Waals surface area contributed by atoms with E-state index in [4.69, 9.17) is 4.74 Å². The number of piperidine rings is 1. The van der Waals surface area contributed by atoms with Gasteiger partial charge in [-0.05, 0) is 32.3 Å². The maximum atomic E-state index is 12.1. The molecule has 1 fully saturated rings. The minimum absolute atomic E-state index is 0.0971. The molecule has 4 heteroatoms. The predicted octanol–water partition coefficient (Wildman–Crippen LogP) is 2.36. The summed E-state index contributed by atoms with van der Waals surface area (Å²) < 4.78 is 5.35. The van der Waals surface area contributed by atoms with Crippen molar-refractivity contribution < 1.29 is 9.53 Å². The average molecular weight is 276 g/mol. The van der Waals surface area contributed by atoms with Crippen LogP contribution in [0.25, 0.3) is 0 Å². The van der Waals surface area contributed by atoms with Gasteiger partial charge in [0.25, 0.3) is 0 Å². The highest BCUT2D eigenvalue weighted by Crippen LogP contribution is 2.24. The van der Waals surface area contributed by atoms with Gasteiger partial charge in [0.1, 0.15) is 5.75 Å². The molecule has 1 aliphatic heterocycles. The first-order valence-corrected chi connectivity index (χ1v) is 7.36. The van der Waals surface area contributed by atoms with Gasteiger partial charge in [0.05, 0.1) is 13.7 Å². The van der Waals surface area contributed by atoms with Crippen molar-refractivity contribution in [3.05, 3.63) is 29.8 Å². The molecule has 0 bridgehead atoms. The van der Waals surface area contributed by atoms with E-state index in [0.717, 1.165) is 37.2 Å². The van der Waals surface area contributed by atoms with Crippen molar-refractivity contribution in [3.8, 4) is 5.75 Å². The van der Waals surface area contributed by atoms with E-state index in [0.29, 0.717) is 6.54 Å².